The van der Waals surface area contributed by atoms with E-state index in [9.17, 15) is 5.11 Å². The molecule has 1 aromatic carbocycles. The number of phenols is 1. The van der Waals surface area contributed by atoms with Gasteiger partial charge < -0.3 is 15.3 Å². The van der Waals surface area contributed by atoms with Crippen molar-refractivity contribution in [2.24, 2.45) is 12.0 Å². The Balaban J connectivity index is 1.72. The standard InChI is InChI=1S/C22H33N5O/c1-15(2)21-17(14-27(5)25-21)13-26(4)22(23-3)24-12-19-18-9-7-6-8-16(18)10-11-20(19)28/h10-11,14-15,28H,6-9,12-13H2,1-5H3,(H,23,24). The van der Waals surface area contributed by atoms with Gasteiger partial charge in [-0.2, -0.15) is 5.10 Å². The van der Waals surface area contributed by atoms with Crippen LogP contribution < -0.4 is 5.32 Å². The zero-order valence-electron chi connectivity index (χ0n) is 17.8. The Hall–Kier alpha value is -2.50. The summed E-state index contributed by atoms with van der Waals surface area (Å²) in [4.78, 5) is 6.55. The number of benzene rings is 1. The van der Waals surface area contributed by atoms with E-state index in [0.717, 1.165) is 36.6 Å². The maximum absolute atomic E-state index is 10.4. The summed E-state index contributed by atoms with van der Waals surface area (Å²) in [5, 5.41) is 18.5. The normalized spacial score (nSPS) is 14.3. The van der Waals surface area contributed by atoms with E-state index in [-0.39, 0.29) is 0 Å². The zero-order valence-corrected chi connectivity index (χ0v) is 17.8. The quantitative estimate of drug-likeness (QED) is 0.614. The van der Waals surface area contributed by atoms with E-state index >= 15 is 0 Å². The minimum atomic E-state index is 0.376. The van der Waals surface area contributed by atoms with Crippen molar-refractivity contribution in [1.29, 1.82) is 0 Å². The monoisotopic (exact) mass is 383 g/mol. The summed E-state index contributed by atoms with van der Waals surface area (Å²) in [5.41, 5.74) is 6.03. The fourth-order valence-electron chi connectivity index (χ4n) is 4.13. The van der Waals surface area contributed by atoms with Crippen molar-refractivity contribution >= 4 is 5.96 Å². The molecule has 2 N–H and O–H groups in total. The van der Waals surface area contributed by atoms with Gasteiger partial charge in [-0.25, -0.2) is 0 Å². The van der Waals surface area contributed by atoms with Crippen LogP contribution in [0.25, 0.3) is 0 Å². The number of aromatic nitrogens is 2. The third-order valence-corrected chi connectivity index (χ3v) is 5.51. The lowest BCUT2D eigenvalue weighted by Gasteiger charge is -2.25. The fraction of sp³-hybridized carbons (Fsp3) is 0.545. The number of phenolic OH excluding ortho intramolecular Hbond substituents is 1. The van der Waals surface area contributed by atoms with Crippen molar-refractivity contribution in [2.75, 3.05) is 14.1 Å². The van der Waals surface area contributed by atoms with Crippen molar-refractivity contribution in [1.82, 2.24) is 20.0 Å². The van der Waals surface area contributed by atoms with Crippen molar-refractivity contribution in [2.45, 2.75) is 58.5 Å². The van der Waals surface area contributed by atoms with Gasteiger partial charge in [0.1, 0.15) is 5.75 Å². The molecule has 6 nitrogen and oxygen atoms in total. The van der Waals surface area contributed by atoms with Crippen LogP contribution in [0.2, 0.25) is 0 Å². The molecule has 0 atom stereocenters. The zero-order chi connectivity index (χ0) is 20.3. The summed E-state index contributed by atoms with van der Waals surface area (Å²) in [6, 6.07) is 3.91. The minimum Gasteiger partial charge on any atom is -0.508 e. The van der Waals surface area contributed by atoms with Crippen molar-refractivity contribution in [3.63, 3.8) is 0 Å². The second kappa shape index (κ2) is 8.67. The Morgan fingerprint density at radius 3 is 2.79 bits per heavy atom. The molecule has 1 aromatic heterocycles. The molecule has 28 heavy (non-hydrogen) atoms. The van der Waals surface area contributed by atoms with Gasteiger partial charge in [0, 0.05) is 51.6 Å². The third kappa shape index (κ3) is 4.32. The van der Waals surface area contributed by atoms with E-state index in [0.29, 0.717) is 18.2 Å². The molecular formula is C22H33N5O. The van der Waals surface area contributed by atoms with Crippen LogP contribution in [-0.4, -0.2) is 39.8 Å². The topological polar surface area (TPSA) is 65.7 Å². The molecule has 1 aliphatic rings. The van der Waals surface area contributed by atoms with Gasteiger partial charge in [-0.15, -0.1) is 0 Å². The molecule has 152 valence electrons. The number of hydrogen-bond donors (Lipinski definition) is 2. The molecule has 0 saturated heterocycles. The van der Waals surface area contributed by atoms with Crippen LogP contribution in [-0.2, 0) is 33.0 Å². The van der Waals surface area contributed by atoms with E-state index in [2.05, 4.69) is 46.4 Å². The number of aryl methyl sites for hydroxylation is 2. The smallest absolute Gasteiger partial charge is 0.193 e. The van der Waals surface area contributed by atoms with Gasteiger partial charge in [-0.3, -0.25) is 9.67 Å². The molecule has 0 bridgehead atoms. The molecule has 0 amide bonds. The van der Waals surface area contributed by atoms with Crippen molar-refractivity contribution < 1.29 is 5.11 Å². The van der Waals surface area contributed by atoms with Gasteiger partial charge in [-0.1, -0.05) is 19.9 Å². The van der Waals surface area contributed by atoms with Crippen LogP contribution in [0.3, 0.4) is 0 Å². The summed E-state index contributed by atoms with van der Waals surface area (Å²) in [6.45, 7) is 5.65. The van der Waals surface area contributed by atoms with E-state index in [1.54, 1.807) is 7.05 Å². The maximum Gasteiger partial charge on any atom is 0.193 e. The maximum atomic E-state index is 10.4. The Kier molecular flexibility index (Phi) is 6.27. The Morgan fingerprint density at radius 2 is 2.07 bits per heavy atom. The second-order valence-electron chi connectivity index (χ2n) is 8.03. The number of aromatic hydroxyl groups is 1. The van der Waals surface area contributed by atoms with Gasteiger partial charge in [0.2, 0.25) is 0 Å². The number of guanidine groups is 1. The summed E-state index contributed by atoms with van der Waals surface area (Å²) in [7, 11) is 5.79. The van der Waals surface area contributed by atoms with Crippen LogP contribution in [0.15, 0.2) is 23.3 Å². The Morgan fingerprint density at radius 1 is 1.32 bits per heavy atom. The highest BCUT2D eigenvalue weighted by Gasteiger charge is 2.18. The Labute approximate surface area is 168 Å². The highest BCUT2D eigenvalue weighted by atomic mass is 16.3. The van der Waals surface area contributed by atoms with Crippen LogP contribution in [0.5, 0.6) is 5.75 Å². The first-order chi connectivity index (χ1) is 13.4. The Bertz CT molecular complexity index is 853. The summed E-state index contributed by atoms with van der Waals surface area (Å²) in [5.74, 6) is 1.57. The molecule has 1 aliphatic carbocycles. The molecule has 0 unspecified atom stereocenters. The van der Waals surface area contributed by atoms with Crippen LogP contribution >= 0.6 is 0 Å². The molecule has 0 saturated carbocycles. The largest absolute Gasteiger partial charge is 0.508 e. The average Bonchev–Trinajstić information content (AvgIpc) is 3.04. The molecule has 0 radical (unpaired) electrons. The van der Waals surface area contributed by atoms with Crippen LogP contribution in [0, 0.1) is 0 Å². The third-order valence-electron chi connectivity index (χ3n) is 5.51. The predicted octanol–water partition coefficient (Wildman–Crippen LogP) is 3.34. The average molecular weight is 384 g/mol. The van der Waals surface area contributed by atoms with Crippen LogP contribution in [0.4, 0.5) is 0 Å². The van der Waals surface area contributed by atoms with Crippen molar-refractivity contribution in [3.8, 4) is 5.75 Å². The first kappa shape index (κ1) is 20.2. The molecule has 0 fully saturated rings. The van der Waals surface area contributed by atoms with E-state index < -0.39 is 0 Å². The molecule has 2 aromatic rings. The van der Waals surface area contributed by atoms with Gasteiger partial charge in [0.25, 0.3) is 0 Å². The van der Waals surface area contributed by atoms with Gasteiger partial charge >= 0.3 is 0 Å². The highest BCUT2D eigenvalue weighted by molar-refractivity contribution is 5.79. The number of rotatable bonds is 5. The lowest BCUT2D eigenvalue weighted by Crippen LogP contribution is -2.38. The van der Waals surface area contributed by atoms with Gasteiger partial charge in [0.05, 0.1) is 5.69 Å². The molecule has 3 rings (SSSR count). The number of nitrogens with one attached hydrogen (secondary N) is 1. The first-order valence-corrected chi connectivity index (χ1v) is 10.2. The van der Waals surface area contributed by atoms with E-state index in [1.807, 2.05) is 24.8 Å². The lowest BCUT2D eigenvalue weighted by molar-refractivity contribution is 0.456. The number of hydrogen-bond acceptors (Lipinski definition) is 3. The SMILES string of the molecule is CN=C(NCc1c(O)ccc2c1CCCC2)N(C)Cc1cn(C)nc1C(C)C. The first-order valence-electron chi connectivity index (χ1n) is 10.2. The summed E-state index contributed by atoms with van der Waals surface area (Å²) in [6.07, 6.45) is 6.66. The lowest BCUT2D eigenvalue weighted by atomic mass is 9.88. The predicted molar refractivity (Wildman–Crippen MR) is 114 cm³/mol. The molecule has 0 aliphatic heterocycles. The van der Waals surface area contributed by atoms with Gasteiger partial charge in [0.15, 0.2) is 5.96 Å². The fourth-order valence-corrected chi connectivity index (χ4v) is 4.13. The minimum absolute atomic E-state index is 0.376. The number of fused-ring (bicyclic) bond motifs is 1. The molecular weight excluding hydrogens is 350 g/mol. The van der Waals surface area contributed by atoms with E-state index in [1.165, 1.54) is 29.5 Å². The molecule has 0 spiro atoms. The number of aliphatic imine (C=N–C) groups is 1. The van der Waals surface area contributed by atoms with Gasteiger partial charge in [-0.05, 0) is 48.8 Å². The second-order valence-corrected chi connectivity index (χ2v) is 8.03. The van der Waals surface area contributed by atoms with Crippen LogP contribution in [0.1, 0.15) is 60.6 Å². The summed E-state index contributed by atoms with van der Waals surface area (Å²) >= 11 is 0. The molecule has 6 heteroatoms. The molecule has 1 heterocycles. The van der Waals surface area contributed by atoms with E-state index in [4.69, 9.17) is 0 Å². The number of nitrogens with zero attached hydrogens (tertiary/aromatic N) is 4. The highest BCUT2D eigenvalue weighted by Crippen LogP contribution is 2.30. The van der Waals surface area contributed by atoms with Crippen molar-refractivity contribution in [3.05, 3.63) is 46.3 Å². The summed E-state index contributed by atoms with van der Waals surface area (Å²) < 4.78 is 1.88.